The molecule has 0 unspecified atom stereocenters. The second-order valence-corrected chi connectivity index (χ2v) is 3.75. The molecule has 0 aromatic rings. The molecule has 0 saturated heterocycles. The minimum Gasteiger partial charge on any atom is -0.418 e. The van der Waals surface area contributed by atoms with Crippen molar-refractivity contribution < 1.29 is 51.8 Å². The predicted octanol–water partition coefficient (Wildman–Crippen LogP) is 5.05. The maximum atomic E-state index is 9.75. The fraction of sp³-hybridized carbons (Fsp3) is 1.00. The number of rotatable bonds is 1. The van der Waals surface area contributed by atoms with E-state index < -0.39 is 21.8 Å². The van der Waals surface area contributed by atoms with Gasteiger partial charge in [-0.05, 0) is 19.9 Å². The van der Waals surface area contributed by atoms with Crippen LogP contribution in [-0.4, -0.2) is 34.9 Å². The van der Waals surface area contributed by atoms with E-state index >= 15 is 0 Å². The van der Waals surface area contributed by atoms with Crippen molar-refractivity contribution in [1.29, 1.82) is 0 Å². The number of nitrogens with one attached hydrogen (secondary N) is 1. The highest BCUT2D eigenvalue weighted by Crippen LogP contribution is 2.16. The van der Waals surface area contributed by atoms with E-state index in [2.05, 4.69) is 12.4 Å². The third-order valence-electron chi connectivity index (χ3n) is 1.76. The minimum absolute atomic E-state index is 0.847. The minimum atomic E-state index is -6.00. The Hall–Kier alpha value is -0.685. The van der Waals surface area contributed by atoms with E-state index in [0.29, 0.717) is 0 Å². The van der Waals surface area contributed by atoms with Gasteiger partial charge in [-0.3, -0.25) is 0 Å². The van der Waals surface area contributed by atoms with E-state index in [1.54, 1.807) is 0 Å². The first-order chi connectivity index (χ1) is 9.43. The molecule has 1 aliphatic rings. The van der Waals surface area contributed by atoms with Crippen molar-refractivity contribution in [2.24, 2.45) is 0 Å². The molecule has 1 aliphatic carbocycles. The fourth-order valence-corrected chi connectivity index (χ4v) is 1.21. The SMILES string of the molecule is CNC1CCCC1.F[B-](F)(F)F.F[B-](F)(F)F.F[B-](F)(F)F. The van der Waals surface area contributed by atoms with Crippen molar-refractivity contribution >= 4 is 21.8 Å². The van der Waals surface area contributed by atoms with Crippen molar-refractivity contribution in [3.05, 3.63) is 0 Å². The zero-order chi connectivity index (χ0) is 18.6. The van der Waals surface area contributed by atoms with Gasteiger partial charge in [0, 0.05) is 6.04 Å². The lowest BCUT2D eigenvalue weighted by atomic mass is 10.3. The van der Waals surface area contributed by atoms with Gasteiger partial charge in [0.2, 0.25) is 0 Å². The number of hydrogen-bond acceptors (Lipinski definition) is 1. The molecule has 22 heavy (non-hydrogen) atoms. The highest BCUT2D eigenvalue weighted by molar-refractivity contribution is 6.50. The molecule has 1 rings (SSSR count). The second-order valence-electron chi connectivity index (χ2n) is 3.75. The van der Waals surface area contributed by atoms with Gasteiger partial charge in [0.15, 0.2) is 0 Å². The highest BCUT2D eigenvalue weighted by Gasteiger charge is 2.21. The van der Waals surface area contributed by atoms with Crippen LogP contribution in [0.25, 0.3) is 0 Å². The predicted molar refractivity (Wildman–Crippen MR) is 61.9 cm³/mol. The molecule has 1 nitrogen and oxygen atoms in total. The summed E-state index contributed by atoms with van der Waals surface area (Å²) in [6.45, 7) is 0. The Bertz CT molecular complexity index is 198. The summed E-state index contributed by atoms with van der Waals surface area (Å²) in [5.74, 6) is 0. The Kier molecular flexibility index (Phi) is 14.1. The first-order valence-corrected chi connectivity index (χ1v) is 5.72. The van der Waals surface area contributed by atoms with Crippen LogP contribution in [0.4, 0.5) is 51.8 Å². The molecule has 0 radical (unpaired) electrons. The Morgan fingerprint density at radius 1 is 0.591 bits per heavy atom. The van der Waals surface area contributed by atoms with Crippen LogP contribution in [0.5, 0.6) is 0 Å². The molecule has 0 amide bonds. The number of hydrogen-bond donors (Lipinski definition) is 1. The van der Waals surface area contributed by atoms with Gasteiger partial charge >= 0.3 is 21.8 Å². The molecule has 0 aromatic heterocycles. The standard InChI is InChI=1S/C6H13N.3BF4/c1-7-6-4-2-3-5-6;3*2-1(3,4)5/h6-7H,2-5H2,1H3;;;/q;3*-1. The van der Waals surface area contributed by atoms with Crippen LogP contribution < -0.4 is 5.32 Å². The van der Waals surface area contributed by atoms with Crippen molar-refractivity contribution in [3.8, 4) is 0 Å². The van der Waals surface area contributed by atoms with Gasteiger partial charge in [-0.15, -0.1) is 0 Å². The summed E-state index contributed by atoms with van der Waals surface area (Å²) in [4.78, 5) is 0. The monoisotopic (exact) mass is 360 g/mol. The lowest BCUT2D eigenvalue weighted by molar-refractivity contribution is 0.366. The maximum Gasteiger partial charge on any atom is 0.673 e. The molecule has 1 saturated carbocycles. The zero-order valence-electron chi connectivity index (χ0n) is 11.2. The molecule has 0 spiro atoms. The molecule has 1 fully saturated rings. The molecule has 0 aliphatic heterocycles. The van der Waals surface area contributed by atoms with Crippen molar-refractivity contribution in [2.45, 2.75) is 31.7 Å². The molecule has 1 N–H and O–H groups in total. The van der Waals surface area contributed by atoms with Crippen molar-refractivity contribution in [3.63, 3.8) is 0 Å². The summed E-state index contributed by atoms with van der Waals surface area (Å²) in [6, 6.07) is 0.847. The van der Waals surface area contributed by atoms with Gasteiger partial charge in [0.25, 0.3) is 0 Å². The van der Waals surface area contributed by atoms with E-state index in [0.717, 1.165) is 6.04 Å². The molecule has 16 heteroatoms. The van der Waals surface area contributed by atoms with Gasteiger partial charge in [0.1, 0.15) is 0 Å². The summed E-state index contributed by atoms with van der Waals surface area (Å²) in [6.07, 6.45) is 5.67. The molecule has 0 aromatic carbocycles. The van der Waals surface area contributed by atoms with Gasteiger partial charge in [-0.25, -0.2) is 0 Å². The average molecular weight is 360 g/mol. The quantitative estimate of drug-likeness (QED) is 0.510. The van der Waals surface area contributed by atoms with E-state index in [4.69, 9.17) is 0 Å². The Morgan fingerprint density at radius 2 is 0.773 bits per heavy atom. The largest absolute Gasteiger partial charge is 0.673 e. The molecular weight excluding hydrogens is 346 g/mol. The molecule has 0 atom stereocenters. The average Bonchev–Trinajstić information content (AvgIpc) is 2.60. The summed E-state index contributed by atoms with van der Waals surface area (Å²) < 4.78 is 117. The zero-order valence-corrected chi connectivity index (χ0v) is 11.2. The normalized spacial score (nSPS) is 15.7. The van der Waals surface area contributed by atoms with Gasteiger partial charge in [-0.1, -0.05) is 12.8 Å². The first-order valence-electron chi connectivity index (χ1n) is 5.72. The van der Waals surface area contributed by atoms with Crippen LogP contribution >= 0.6 is 0 Å². The Balaban J connectivity index is -0.000000223. The summed E-state index contributed by atoms with van der Waals surface area (Å²) in [5.41, 5.74) is 0. The second kappa shape index (κ2) is 11.8. The van der Waals surface area contributed by atoms with Crippen molar-refractivity contribution in [1.82, 2.24) is 5.32 Å². The fourth-order valence-electron chi connectivity index (χ4n) is 1.21. The number of halogens is 12. The topological polar surface area (TPSA) is 12.0 Å². The van der Waals surface area contributed by atoms with Crippen LogP contribution in [0.1, 0.15) is 25.7 Å². The van der Waals surface area contributed by atoms with Gasteiger partial charge in [0.05, 0.1) is 0 Å². The maximum absolute atomic E-state index is 9.75. The molecule has 0 heterocycles. The lowest BCUT2D eigenvalue weighted by Crippen LogP contribution is -2.20. The third-order valence-corrected chi connectivity index (χ3v) is 1.76. The third kappa shape index (κ3) is 93.7. The highest BCUT2D eigenvalue weighted by atomic mass is 19.5. The summed E-state index contributed by atoms with van der Waals surface area (Å²) in [7, 11) is -15.9. The summed E-state index contributed by atoms with van der Waals surface area (Å²) in [5, 5.41) is 3.26. The van der Waals surface area contributed by atoms with Crippen LogP contribution in [0.3, 0.4) is 0 Å². The molecule has 138 valence electrons. The van der Waals surface area contributed by atoms with Crippen LogP contribution in [0, 0.1) is 0 Å². The Morgan fingerprint density at radius 3 is 0.864 bits per heavy atom. The van der Waals surface area contributed by atoms with Crippen molar-refractivity contribution in [2.75, 3.05) is 7.05 Å². The van der Waals surface area contributed by atoms with E-state index in [-0.39, 0.29) is 0 Å². The van der Waals surface area contributed by atoms with Crippen LogP contribution in [0.2, 0.25) is 0 Å². The van der Waals surface area contributed by atoms with Crippen LogP contribution in [-0.2, 0) is 0 Å². The lowest BCUT2D eigenvalue weighted by Gasteiger charge is -2.03. The molecular formula is C6H13B3F12N-3. The molecule has 0 bridgehead atoms. The van der Waals surface area contributed by atoms with E-state index in [1.165, 1.54) is 25.7 Å². The van der Waals surface area contributed by atoms with Crippen LogP contribution in [0.15, 0.2) is 0 Å². The Labute approximate surface area is 119 Å². The van der Waals surface area contributed by atoms with Gasteiger partial charge in [-0.2, -0.15) is 0 Å². The van der Waals surface area contributed by atoms with Gasteiger partial charge < -0.3 is 57.1 Å². The van der Waals surface area contributed by atoms with E-state index in [9.17, 15) is 51.8 Å². The first kappa shape index (κ1) is 26.2. The summed E-state index contributed by atoms with van der Waals surface area (Å²) >= 11 is 0. The van der Waals surface area contributed by atoms with E-state index in [1.807, 2.05) is 0 Å². The smallest absolute Gasteiger partial charge is 0.418 e.